The van der Waals surface area contributed by atoms with Crippen molar-refractivity contribution in [1.82, 2.24) is 34.5 Å². The Morgan fingerprint density at radius 2 is 1.91 bits per heavy atom. The van der Waals surface area contributed by atoms with Crippen LogP contribution in [-0.2, 0) is 6.54 Å². The van der Waals surface area contributed by atoms with Crippen LogP contribution in [0.25, 0.3) is 17.1 Å². The summed E-state index contributed by atoms with van der Waals surface area (Å²) in [5, 5.41) is 13.2. The van der Waals surface area contributed by atoms with Crippen molar-refractivity contribution in [3.05, 3.63) is 58.4 Å². The van der Waals surface area contributed by atoms with E-state index >= 15 is 0 Å². The van der Waals surface area contributed by atoms with Crippen LogP contribution in [0, 0.1) is 26.7 Å². The van der Waals surface area contributed by atoms with Crippen LogP contribution in [0.3, 0.4) is 0 Å². The maximum absolute atomic E-state index is 12.9. The quantitative estimate of drug-likeness (QED) is 0.368. The highest BCUT2D eigenvalue weighted by atomic mass is 35.5. The van der Waals surface area contributed by atoms with E-state index in [9.17, 15) is 8.78 Å². The van der Waals surface area contributed by atoms with E-state index in [2.05, 4.69) is 25.4 Å². The van der Waals surface area contributed by atoms with Gasteiger partial charge in [0.2, 0.25) is 0 Å². The van der Waals surface area contributed by atoms with E-state index in [4.69, 9.17) is 16.7 Å². The summed E-state index contributed by atoms with van der Waals surface area (Å²) in [7, 11) is 0. The molecule has 4 heterocycles. The summed E-state index contributed by atoms with van der Waals surface area (Å²) in [6.07, 6.45) is 2.62. The third kappa shape index (κ3) is 4.25. The largest absolute Gasteiger partial charge is 0.325 e. The van der Waals surface area contributed by atoms with E-state index in [0.717, 1.165) is 42.2 Å². The van der Waals surface area contributed by atoms with Crippen LogP contribution in [-0.4, -0.2) is 34.5 Å². The first-order valence-corrected chi connectivity index (χ1v) is 11.3. The number of aromatic nitrogens is 7. The summed E-state index contributed by atoms with van der Waals surface area (Å²) >= 11 is 6.30. The Balaban J connectivity index is 1.50. The molecule has 1 N–H and O–H groups in total. The third-order valence-electron chi connectivity index (χ3n) is 5.92. The van der Waals surface area contributed by atoms with Gasteiger partial charge in [-0.15, -0.1) is 0 Å². The molecule has 0 amide bonds. The first kappa shape index (κ1) is 22.4. The monoisotopic (exact) mass is 484 g/mol. The number of pyridine rings is 1. The van der Waals surface area contributed by atoms with Gasteiger partial charge in [-0.3, -0.25) is 4.98 Å². The van der Waals surface area contributed by atoms with Gasteiger partial charge < -0.3 is 5.32 Å². The maximum atomic E-state index is 12.9. The molecule has 0 bridgehead atoms. The SMILES string of the molecule is Cc1nn(-c2cc(Nc3c(C)c(-c4ccc(C(F)F)nc4)nn3CC3CC3)ncn2)c(C)c1Cl. The Labute approximate surface area is 200 Å². The van der Waals surface area contributed by atoms with Crippen molar-refractivity contribution in [2.24, 2.45) is 5.92 Å². The summed E-state index contributed by atoms with van der Waals surface area (Å²) in [5.41, 5.74) is 3.51. The van der Waals surface area contributed by atoms with Crippen molar-refractivity contribution in [2.45, 2.75) is 46.6 Å². The smallest absolute Gasteiger partial charge is 0.280 e. The van der Waals surface area contributed by atoms with E-state index < -0.39 is 6.43 Å². The lowest BCUT2D eigenvalue weighted by Crippen LogP contribution is -2.09. The lowest BCUT2D eigenvalue weighted by molar-refractivity contribution is 0.146. The lowest BCUT2D eigenvalue weighted by Gasteiger charge is -2.11. The van der Waals surface area contributed by atoms with E-state index in [-0.39, 0.29) is 5.69 Å². The van der Waals surface area contributed by atoms with E-state index in [1.807, 2.05) is 25.5 Å². The van der Waals surface area contributed by atoms with Gasteiger partial charge in [-0.05, 0) is 51.7 Å². The van der Waals surface area contributed by atoms with Gasteiger partial charge in [-0.2, -0.15) is 10.2 Å². The molecule has 1 saturated carbocycles. The molecule has 0 aromatic carbocycles. The number of rotatable bonds is 7. The number of hydrogen-bond acceptors (Lipinski definition) is 6. The standard InChI is InChI=1S/C23H23ClF2N8/c1-12-21(16-6-7-17(22(25)26)27-9-16)32-33(10-15-4-5-15)23(12)30-18-8-19(29-11-28-18)34-14(3)20(24)13(2)31-34/h6-9,11,15,22H,4-5,10H2,1-3H3,(H,28,29,30). The minimum atomic E-state index is -2.61. The zero-order valence-electron chi connectivity index (χ0n) is 18.9. The number of anilines is 2. The number of nitrogens with zero attached hydrogens (tertiary/aromatic N) is 7. The molecule has 0 radical (unpaired) electrons. The lowest BCUT2D eigenvalue weighted by atomic mass is 10.1. The molecule has 1 aliphatic rings. The maximum Gasteiger partial charge on any atom is 0.280 e. The number of halogens is 3. The minimum absolute atomic E-state index is 0.255. The molecule has 8 nitrogen and oxygen atoms in total. The van der Waals surface area contributed by atoms with Crippen LogP contribution in [0.15, 0.2) is 30.7 Å². The van der Waals surface area contributed by atoms with E-state index in [1.54, 1.807) is 16.8 Å². The van der Waals surface area contributed by atoms with Crippen molar-refractivity contribution in [2.75, 3.05) is 5.32 Å². The molecule has 4 aromatic rings. The zero-order chi connectivity index (χ0) is 24.0. The Morgan fingerprint density at radius 3 is 2.53 bits per heavy atom. The van der Waals surface area contributed by atoms with Gasteiger partial charge >= 0.3 is 0 Å². The van der Waals surface area contributed by atoms with Crippen LogP contribution in [0.2, 0.25) is 5.02 Å². The Bertz CT molecular complexity index is 1340. The first-order valence-electron chi connectivity index (χ1n) is 10.9. The Morgan fingerprint density at radius 1 is 1.12 bits per heavy atom. The third-order valence-corrected chi connectivity index (χ3v) is 6.47. The molecule has 34 heavy (non-hydrogen) atoms. The van der Waals surface area contributed by atoms with Crippen LogP contribution in [0.5, 0.6) is 0 Å². The molecule has 0 aliphatic heterocycles. The molecule has 1 aliphatic carbocycles. The predicted octanol–water partition coefficient (Wildman–Crippen LogP) is 5.59. The molecule has 5 rings (SSSR count). The van der Waals surface area contributed by atoms with Gasteiger partial charge in [0.1, 0.15) is 23.7 Å². The molecule has 1 fully saturated rings. The van der Waals surface area contributed by atoms with Crippen LogP contribution in [0.4, 0.5) is 20.4 Å². The normalized spacial score (nSPS) is 13.6. The first-order chi connectivity index (χ1) is 16.3. The molecule has 11 heteroatoms. The average Bonchev–Trinajstić information content (AvgIpc) is 3.56. The van der Waals surface area contributed by atoms with Crippen molar-refractivity contribution >= 4 is 23.2 Å². The van der Waals surface area contributed by atoms with Crippen LogP contribution >= 0.6 is 11.6 Å². The molecule has 0 spiro atoms. The summed E-state index contributed by atoms with van der Waals surface area (Å²) in [6, 6.07) is 4.76. The fourth-order valence-corrected chi connectivity index (χ4v) is 3.95. The second kappa shape index (κ2) is 8.75. The summed E-state index contributed by atoms with van der Waals surface area (Å²) in [4.78, 5) is 12.6. The molecule has 0 atom stereocenters. The minimum Gasteiger partial charge on any atom is -0.325 e. The van der Waals surface area contributed by atoms with Crippen molar-refractivity contribution in [3.8, 4) is 17.1 Å². The second-order valence-corrected chi connectivity index (χ2v) is 8.88. The molecule has 0 saturated heterocycles. The average molecular weight is 485 g/mol. The zero-order valence-corrected chi connectivity index (χ0v) is 19.7. The van der Waals surface area contributed by atoms with Crippen molar-refractivity contribution < 1.29 is 8.78 Å². The Hall–Kier alpha value is -3.40. The highest BCUT2D eigenvalue weighted by Gasteiger charge is 2.26. The summed E-state index contributed by atoms with van der Waals surface area (Å²) < 4.78 is 29.5. The molecule has 0 unspecified atom stereocenters. The Kier molecular flexibility index (Phi) is 5.76. The van der Waals surface area contributed by atoms with Gasteiger partial charge in [-0.25, -0.2) is 28.1 Å². The number of nitrogens with one attached hydrogen (secondary N) is 1. The fourth-order valence-electron chi connectivity index (χ4n) is 3.83. The summed E-state index contributed by atoms with van der Waals surface area (Å²) in [5.74, 6) is 2.52. The second-order valence-electron chi connectivity index (χ2n) is 8.50. The summed E-state index contributed by atoms with van der Waals surface area (Å²) in [6.45, 7) is 6.43. The molecular formula is C23H23ClF2N8. The van der Waals surface area contributed by atoms with Gasteiger partial charge in [0, 0.05) is 29.9 Å². The van der Waals surface area contributed by atoms with Crippen LogP contribution in [0.1, 0.15) is 41.9 Å². The molecule has 4 aromatic heterocycles. The van der Waals surface area contributed by atoms with E-state index in [1.165, 1.54) is 18.6 Å². The van der Waals surface area contributed by atoms with Gasteiger partial charge in [0.25, 0.3) is 6.43 Å². The van der Waals surface area contributed by atoms with Crippen molar-refractivity contribution in [1.29, 1.82) is 0 Å². The van der Waals surface area contributed by atoms with E-state index in [0.29, 0.717) is 33.8 Å². The predicted molar refractivity (Wildman–Crippen MR) is 125 cm³/mol. The number of hydrogen-bond donors (Lipinski definition) is 1. The van der Waals surface area contributed by atoms with Gasteiger partial charge in [-0.1, -0.05) is 11.6 Å². The van der Waals surface area contributed by atoms with Gasteiger partial charge in [0.05, 0.1) is 22.1 Å². The molecule has 176 valence electrons. The topological polar surface area (TPSA) is 86.3 Å². The van der Waals surface area contributed by atoms with Crippen molar-refractivity contribution in [3.63, 3.8) is 0 Å². The van der Waals surface area contributed by atoms with Crippen LogP contribution < -0.4 is 5.32 Å². The van der Waals surface area contributed by atoms with Gasteiger partial charge in [0.15, 0.2) is 5.82 Å². The molecular weight excluding hydrogens is 462 g/mol. The highest BCUT2D eigenvalue weighted by Crippen LogP contribution is 2.35. The number of alkyl halides is 2. The number of aryl methyl sites for hydroxylation is 1. The highest BCUT2D eigenvalue weighted by molar-refractivity contribution is 6.31. The fraction of sp³-hybridized carbons (Fsp3) is 0.348.